The molecule has 0 radical (unpaired) electrons. The molecule has 2 atom stereocenters. The zero-order chi connectivity index (χ0) is 16.6. The Kier molecular flexibility index (Phi) is 4.17. The minimum absolute atomic E-state index is 0.0218. The molecule has 2 fully saturated rings. The maximum absolute atomic E-state index is 12.7. The molecule has 2 bridgehead atoms. The summed E-state index contributed by atoms with van der Waals surface area (Å²) in [7, 11) is 0. The summed E-state index contributed by atoms with van der Waals surface area (Å²) in [6.07, 6.45) is 3.23. The molecule has 23 heavy (non-hydrogen) atoms. The summed E-state index contributed by atoms with van der Waals surface area (Å²) in [5, 5.41) is 0. The lowest BCUT2D eigenvalue weighted by Gasteiger charge is -2.39. The van der Waals surface area contributed by atoms with Crippen LogP contribution in [0.2, 0.25) is 0 Å². The van der Waals surface area contributed by atoms with Gasteiger partial charge in [0.1, 0.15) is 5.60 Å². The maximum atomic E-state index is 12.7. The van der Waals surface area contributed by atoms with Gasteiger partial charge in [0.15, 0.2) is 5.78 Å². The highest BCUT2D eigenvalue weighted by Gasteiger charge is 2.46. The quantitative estimate of drug-likeness (QED) is 0.774. The van der Waals surface area contributed by atoms with Crippen LogP contribution in [0.4, 0.5) is 4.79 Å². The van der Waals surface area contributed by atoms with E-state index in [9.17, 15) is 9.59 Å². The number of hydrogen-bond acceptors (Lipinski definition) is 3. The Balaban J connectivity index is 1.70. The first-order chi connectivity index (χ1) is 10.8. The van der Waals surface area contributed by atoms with E-state index in [1.54, 1.807) is 0 Å². The second-order valence-corrected chi connectivity index (χ2v) is 7.67. The summed E-state index contributed by atoms with van der Waals surface area (Å²) in [5.74, 6) is 0.236. The van der Waals surface area contributed by atoms with Gasteiger partial charge in [0.2, 0.25) is 0 Å². The zero-order valence-corrected chi connectivity index (χ0v) is 14.1. The van der Waals surface area contributed by atoms with Gasteiger partial charge in [0, 0.05) is 23.6 Å². The number of amides is 1. The van der Waals surface area contributed by atoms with Gasteiger partial charge < -0.3 is 9.64 Å². The Bertz CT molecular complexity index is 576. The predicted octanol–water partition coefficient (Wildman–Crippen LogP) is 4.05. The zero-order valence-electron chi connectivity index (χ0n) is 14.1. The van der Waals surface area contributed by atoms with Gasteiger partial charge in [-0.3, -0.25) is 4.79 Å². The van der Waals surface area contributed by atoms with Gasteiger partial charge in [-0.05, 0) is 46.5 Å². The molecule has 4 heteroatoms. The number of carbonyl (C=O) groups excluding carboxylic acids is 2. The number of ether oxygens (including phenoxy) is 1. The third-order valence-electron chi connectivity index (χ3n) is 4.77. The molecule has 2 aliphatic heterocycles. The number of fused-ring (bicyclic) bond motifs is 2. The lowest BCUT2D eigenvalue weighted by atomic mass is 9.85. The minimum Gasteiger partial charge on any atom is -0.444 e. The summed E-state index contributed by atoms with van der Waals surface area (Å²) >= 11 is 0. The largest absolute Gasteiger partial charge is 0.444 e. The Morgan fingerprint density at radius 3 is 2.13 bits per heavy atom. The molecule has 0 aromatic heterocycles. The molecule has 124 valence electrons. The minimum atomic E-state index is -0.479. The van der Waals surface area contributed by atoms with Gasteiger partial charge in [0.05, 0.1) is 0 Å². The van der Waals surface area contributed by atoms with Gasteiger partial charge in [0.25, 0.3) is 0 Å². The number of hydrogen-bond donors (Lipinski definition) is 0. The topological polar surface area (TPSA) is 46.6 Å². The maximum Gasteiger partial charge on any atom is 0.410 e. The third-order valence-corrected chi connectivity index (χ3v) is 4.77. The van der Waals surface area contributed by atoms with Gasteiger partial charge in [-0.25, -0.2) is 4.79 Å². The van der Waals surface area contributed by atoms with E-state index in [0.29, 0.717) is 0 Å². The van der Waals surface area contributed by atoms with Crippen LogP contribution in [0.25, 0.3) is 0 Å². The SMILES string of the molecule is CC(C)(C)OC(=O)N1C2CCC1CC(C(=O)c1ccccc1)C2. The summed E-state index contributed by atoms with van der Waals surface area (Å²) in [6, 6.07) is 9.76. The van der Waals surface area contributed by atoms with Crippen molar-refractivity contribution in [2.75, 3.05) is 0 Å². The molecule has 2 heterocycles. The fraction of sp³-hybridized carbons (Fsp3) is 0.579. The van der Waals surface area contributed by atoms with Crippen LogP contribution in [0.5, 0.6) is 0 Å². The Labute approximate surface area is 137 Å². The molecule has 3 rings (SSSR count). The fourth-order valence-corrected chi connectivity index (χ4v) is 3.84. The summed E-state index contributed by atoms with van der Waals surface area (Å²) in [6.45, 7) is 5.66. The van der Waals surface area contributed by atoms with Crippen LogP contribution < -0.4 is 0 Å². The fourth-order valence-electron chi connectivity index (χ4n) is 3.84. The van der Waals surface area contributed by atoms with Gasteiger partial charge >= 0.3 is 6.09 Å². The Morgan fingerprint density at radius 1 is 1.04 bits per heavy atom. The Hall–Kier alpha value is -1.84. The van der Waals surface area contributed by atoms with E-state index in [0.717, 1.165) is 31.2 Å². The monoisotopic (exact) mass is 315 g/mol. The van der Waals surface area contributed by atoms with Crippen molar-refractivity contribution < 1.29 is 14.3 Å². The Morgan fingerprint density at radius 2 is 1.61 bits per heavy atom. The molecule has 0 N–H and O–H groups in total. The molecule has 0 aliphatic carbocycles. The molecule has 2 aliphatic rings. The van der Waals surface area contributed by atoms with E-state index in [2.05, 4.69) is 0 Å². The van der Waals surface area contributed by atoms with Crippen molar-refractivity contribution in [1.29, 1.82) is 0 Å². The molecule has 1 amide bonds. The lowest BCUT2D eigenvalue weighted by molar-refractivity contribution is 0.00254. The molecule has 1 aromatic rings. The van der Waals surface area contributed by atoms with Crippen molar-refractivity contribution in [2.24, 2.45) is 5.92 Å². The number of nitrogens with zero attached hydrogens (tertiary/aromatic N) is 1. The second kappa shape index (κ2) is 5.99. The molecule has 2 unspecified atom stereocenters. The van der Waals surface area contributed by atoms with Crippen molar-refractivity contribution in [2.45, 2.75) is 64.1 Å². The summed E-state index contributed by atoms with van der Waals surface area (Å²) in [5.41, 5.74) is 0.301. The molecule has 4 nitrogen and oxygen atoms in total. The van der Waals surface area contributed by atoms with Crippen molar-refractivity contribution in [3.05, 3.63) is 35.9 Å². The van der Waals surface area contributed by atoms with Gasteiger partial charge in [-0.15, -0.1) is 0 Å². The van der Waals surface area contributed by atoms with Crippen molar-refractivity contribution in [1.82, 2.24) is 4.90 Å². The van der Waals surface area contributed by atoms with E-state index >= 15 is 0 Å². The van der Waals surface area contributed by atoms with Crippen molar-refractivity contribution in [3.63, 3.8) is 0 Å². The summed E-state index contributed by atoms with van der Waals surface area (Å²) in [4.78, 5) is 27.0. The second-order valence-electron chi connectivity index (χ2n) is 7.67. The van der Waals surface area contributed by atoms with Crippen molar-refractivity contribution >= 4 is 11.9 Å². The summed E-state index contributed by atoms with van der Waals surface area (Å²) < 4.78 is 5.54. The number of benzene rings is 1. The predicted molar refractivity (Wildman–Crippen MR) is 88.4 cm³/mol. The highest BCUT2D eigenvalue weighted by Crippen LogP contribution is 2.40. The number of Topliss-reactive ketones (excluding diaryl/α,β-unsaturated/α-hetero) is 1. The highest BCUT2D eigenvalue weighted by atomic mass is 16.6. The van der Waals surface area contributed by atoms with Crippen LogP contribution in [0.1, 0.15) is 56.8 Å². The van der Waals surface area contributed by atoms with Crippen molar-refractivity contribution in [3.8, 4) is 0 Å². The lowest BCUT2D eigenvalue weighted by Crippen LogP contribution is -2.49. The van der Waals surface area contributed by atoms with E-state index in [-0.39, 0.29) is 29.9 Å². The standard InChI is InChI=1S/C19H25NO3/c1-19(2,3)23-18(22)20-15-9-10-16(20)12-14(11-15)17(21)13-7-5-4-6-8-13/h4-8,14-16H,9-12H2,1-3H3. The van der Waals surface area contributed by atoms with Crippen LogP contribution in [0.3, 0.4) is 0 Å². The van der Waals surface area contributed by atoms with E-state index in [1.165, 1.54) is 0 Å². The van der Waals surface area contributed by atoms with Crippen LogP contribution in [-0.2, 0) is 4.74 Å². The van der Waals surface area contributed by atoms with Gasteiger partial charge in [-0.1, -0.05) is 30.3 Å². The van der Waals surface area contributed by atoms with E-state index in [4.69, 9.17) is 4.74 Å². The average molecular weight is 315 g/mol. The molecular weight excluding hydrogens is 290 g/mol. The molecule has 2 saturated heterocycles. The molecule has 0 saturated carbocycles. The van der Waals surface area contributed by atoms with Crippen LogP contribution in [-0.4, -0.2) is 34.5 Å². The molecule has 0 spiro atoms. The van der Waals surface area contributed by atoms with E-state index < -0.39 is 5.60 Å². The third kappa shape index (κ3) is 3.41. The van der Waals surface area contributed by atoms with Gasteiger partial charge in [-0.2, -0.15) is 0 Å². The molecule has 1 aromatic carbocycles. The van der Waals surface area contributed by atoms with Crippen LogP contribution >= 0.6 is 0 Å². The number of ketones is 1. The number of rotatable bonds is 2. The first-order valence-electron chi connectivity index (χ1n) is 8.46. The first kappa shape index (κ1) is 16.0. The number of piperidine rings is 1. The average Bonchev–Trinajstić information content (AvgIpc) is 2.76. The normalized spacial score (nSPS) is 26.9. The highest BCUT2D eigenvalue weighted by molar-refractivity contribution is 5.98. The van der Waals surface area contributed by atoms with Crippen LogP contribution in [0, 0.1) is 5.92 Å². The van der Waals surface area contributed by atoms with Crippen LogP contribution in [0.15, 0.2) is 30.3 Å². The number of carbonyl (C=O) groups is 2. The smallest absolute Gasteiger partial charge is 0.410 e. The first-order valence-corrected chi connectivity index (χ1v) is 8.46. The molecular formula is C19H25NO3. The van der Waals surface area contributed by atoms with E-state index in [1.807, 2.05) is 56.0 Å².